The Bertz CT molecular complexity index is 662. The van der Waals surface area contributed by atoms with E-state index in [1.54, 1.807) is 23.1 Å². The van der Waals surface area contributed by atoms with E-state index in [9.17, 15) is 4.79 Å². The normalized spacial score (nSPS) is 13.3. The minimum atomic E-state index is -0.230. The van der Waals surface area contributed by atoms with Crippen molar-refractivity contribution in [2.24, 2.45) is 0 Å². The number of halogens is 2. The van der Waals surface area contributed by atoms with Gasteiger partial charge in [0.25, 0.3) is 0 Å². The van der Waals surface area contributed by atoms with Crippen molar-refractivity contribution in [2.75, 3.05) is 0 Å². The van der Waals surface area contributed by atoms with Gasteiger partial charge in [0.2, 0.25) is 0 Å². The lowest BCUT2D eigenvalue weighted by atomic mass is 10.0. The molecule has 2 amide bonds. The Labute approximate surface area is 151 Å². The topological polar surface area (TPSA) is 71.8 Å². The lowest BCUT2D eigenvalue weighted by molar-refractivity contribution is 0.231. The number of hydrogen-bond donors (Lipinski definition) is 2. The van der Waals surface area contributed by atoms with Crippen LogP contribution < -0.4 is 10.6 Å². The summed E-state index contributed by atoms with van der Waals surface area (Å²) in [5.74, 6) is 0. The molecule has 1 aromatic carbocycles. The molecular weight excluding hydrogens is 349 g/mol. The molecule has 2 aromatic rings. The first-order chi connectivity index (χ1) is 11.5. The second-order valence-electron chi connectivity index (χ2n) is 5.65. The largest absolute Gasteiger partial charge is 0.334 e. The molecule has 0 saturated heterocycles. The van der Waals surface area contributed by atoms with Gasteiger partial charge in [0.05, 0.1) is 22.6 Å². The van der Waals surface area contributed by atoms with Crippen molar-refractivity contribution in [1.82, 2.24) is 25.4 Å². The Morgan fingerprint density at radius 3 is 2.71 bits per heavy atom. The molecule has 6 nitrogen and oxygen atoms in total. The lowest BCUT2D eigenvalue weighted by Gasteiger charge is -2.21. The smallest absolute Gasteiger partial charge is 0.315 e. The number of rotatable bonds is 7. The monoisotopic (exact) mass is 369 g/mol. The van der Waals surface area contributed by atoms with Crippen molar-refractivity contribution in [3.8, 4) is 0 Å². The second-order valence-corrected chi connectivity index (χ2v) is 6.47. The van der Waals surface area contributed by atoms with E-state index in [-0.39, 0.29) is 18.1 Å². The molecule has 2 atom stereocenters. The highest BCUT2D eigenvalue weighted by Crippen LogP contribution is 2.27. The van der Waals surface area contributed by atoms with Gasteiger partial charge in [0.1, 0.15) is 12.7 Å². The zero-order valence-corrected chi connectivity index (χ0v) is 15.2. The average Bonchev–Trinajstić information content (AvgIpc) is 3.02. The van der Waals surface area contributed by atoms with Crippen LogP contribution in [0.5, 0.6) is 0 Å². The van der Waals surface area contributed by atoms with Gasteiger partial charge in [0.15, 0.2) is 0 Å². The predicted octanol–water partition coefficient (Wildman–Crippen LogP) is 3.81. The van der Waals surface area contributed by atoms with E-state index in [1.807, 2.05) is 13.0 Å². The van der Waals surface area contributed by atoms with Crippen LogP contribution in [0.25, 0.3) is 0 Å². The van der Waals surface area contributed by atoms with Gasteiger partial charge >= 0.3 is 6.03 Å². The molecule has 130 valence electrons. The van der Waals surface area contributed by atoms with E-state index in [1.165, 1.54) is 6.33 Å². The molecule has 24 heavy (non-hydrogen) atoms. The Morgan fingerprint density at radius 2 is 2.08 bits per heavy atom. The Kier molecular flexibility index (Phi) is 6.87. The number of carbonyl (C=O) groups is 1. The van der Waals surface area contributed by atoms with E-state index in [0.717, 1.165) is 18.4 Å². The third-order valence-electron chi connectivity index (χ3n) is 3.53. The molecule has 8 heteroatoms. The summed E-state index contributed by atoms with van der Waals surface area (Å²) in [6, 6.07) is 4.99. The van der Waals surface area contributed by atoms with Crippen LogP contribution in [-0.4, -0.2) is 26.8 Å². The zero-order chi connectivity index (χ0) is 17.5. The summed E-state index contributed by atoms with van der Waals surface area (Å²) in [4.78, 5) is 16.1. The SMILES string of the molecule is CCCC(NC(=O)NC(C)Cn1cncn1)c1ccc(Cl)c(Cl)c1. The van der Waals surface area contributed by atoms with E-state index in [0.29, 0.717) is 16.6 Å². The number of nitrogens with zero attached hydrogens (tertiary/aromatic N) is 3. The van der Waals surface area contributed by atoms with Crippen molar-refractivity contribution < 1.29 is 4.79 Å². The van der Waals surface area contributed by atoms with Crippen LogP contribution in [0.1, 0.15) is 38.3 Å². The maximum Gasteiger partial charge on any atom is 0.315 e. The number of amides is 2. The fraction of sp³-hybridized carbons (Fsp3) is 0.438. The van der Waals surface area contributed by atoms with Crippen LogP contribution in [0.2, 0.25) is 10.0 Å². The molecular formula is C16H21Cl2N5O. The molecule has 0 saturated carbocycles. The molecule has 0 fully saturated rings. The van der Waals surface area contributed by atoms with Gasteiger partial charge in [-0.3, -0.25) is 4.68 Å². The zero-order valence-electron chi connectivity index (χ0n) is 13.7. The highest BCUT2D eigenvalue weighted by atomic mass is 35.5. The van der Waals surface area contributed by atoms with Gasteiger partial charge in [-0.15, -0.1) is 0 Å². The molecule has 1 aromatic heterocycles. The average molecular weight is 370 g/mol. The summed E-state index contributed by atoms with van der Waals surface area (Å²) in [6.45, 7) is 4.53. The molecule has 2 rings (SSSR count). The highest BCUT2D eigenvalue weighted by Gasteiger charge is 2.16. The summed E-state index contributed by atoms with van der Waals surface area (Å²) >= 11 is 12.0. The first-order valence-electron chi connectivity index (χ1n) is 7.84. The Balaban J connectivity index is 1.96. The number of urea groups is 1. The Morgan fingerprint density at radius 1 is 1.29 bits per heavy atom. The lowest BCUT2D eigenvalue weighted by Crippen LogP contribution is -2.44. The summed E-state index contributed by atoms with van der Waals surface area (Å²) in [6.07, 6.45) is 4.82. The van der Waals surface area contributed by atoms with Crippen molar-refractivity contribution in [3.63, 3.8) is 0 Å². The molecule has 0 aliphatic rings. The van der Waals surface area contributed by atoms with Gasteiger partial charge in [-0.05, 0) is 31.0 Å². The second kappa shape index (κ2) is 8.89. The summed E-state index contributed by atoms with van der Waals surface area (Å²) in [5, 5.41) is 10.9. The van der Waals surface area contributed by atoms with Crippen LogP contribution in [0.4, 0.5) is 4.79 Å². The van der Waals surface area contributed by atoms with Crippen LogP contribution >= 0.6 is 23.2 Å². The van der Waals surface area contributed by atoms with Crippen LogP contribution in [-0.2, 0) is 6.54 Å². The fourth-order valence-electron chi connectivity index (χ4n) is 2.42. The van der Waals surface area contributed by atoms with Crippen molar-refractivity contribution >= 4 is 29.2 Å². The maximum atomic E-state index is 12.3. The van der Waals surface area contributed by atoms with Crippen LogP contribution in [0, 0.1) is 0 Å². The molecule has 0 aliphatic heterocycles. The number of hydrogen-bond acceptors (Lipinski definition) is 3. The quantitative estimate of drug-likeness (QED) is 0.779. The first-order valence-corrected chi connectivity index (χ1v) is 8.59. The number of carbonyl (C=O) groups excluding carboxylic acids is 1. The summed E-state index contributed by atoms with van der Waals surface area (Å²) in [7, 11) is 0. The molecule has 2 N–H and O–H groups in total. The third-order valence-corrected chi connectivity index (χ3v) is 4.27. The van der Waals surface area contributed by atoms with E-state index >= 15 is 0 Å². The minimum Gasteiger partial charge on any atom is -0.334 e. The first kappa shape index (κ1) is 18.5. The van der Waals surface area contributed by atoms with Gasteiger partial charge in [-0.1, -0.05) is 42.6 Å². The van der Waals surface area contributed by atoms with Gasteiger partial charge in [0, 0.05) is 6.04 Å². The molecule has 0 bridgehead atoms. The molecule has 0 aliphatic carbocycles. The van der Waals surface area contributed by atoms with Crippen molar-refractivity contribution in [3.05, 3.63) is 46.5 Å². The van der Waals surface area contributed by atoms with Crippen LogP contribution in [0.15, 0.2) is 30.9 Å². The minimum absolute atomic E-state index is 0.0808. The van der Waals surface area contributed by atoms with Gasteiger partial charge in [-0.25, -0.2) is 9.78 Å². The van der Waals surface area contributed by atoms with E-state index < -0.39 is 0 Å². The molecule has 0 radical (unpaired) electrons. The van der Waals surface area contributed by atoms with Crippen LogP contribution in [0.3, 0.4) is 0 Å². The maximum absolute atomic E-state index is 12.3. The van der Waals surface area contributed by atoms with Gasteiger partial charge < -0.3 is 10.6 Å². The molecule has 1 heterocycles. The fourth-order valence-corrected chi connectivity index (χ4v) is 2.72. The van der Waals surface area contributed by atoms with Crippen molar-refractivity contribution in [2.45, 2.75) is 45.3 Å². The number of aromatic nitrogens is 3. The standard InChI is InChI=1S/C16H21Cl2N5O/c1-3-4-15(12-5-6-13(17)14(18)7-12)22-16(24)21-11(2)8-23-10-19-9-20-23/h5-7,9-11,15H,3-4,8H2,1-2H3,(H2,21,22,24). The third kappa shape index (κ3) is 5.39. The number of nitrogens with one attached hydrogen (secondary N) is 2. The van der Waals surface area contributed by atoms with E-state index in [2.05, 4.69) is 27.6 Å². The molecule has 0 spiro atoms. The van der Waals surface area contributed by atoms with Gasteiger partial charge in [-0.2, -0.15) is 5.10 Å². The van der Waals surface area contributed by atoms with Crippen molar-refractivity contribution in [1.29, 1.82) is 0 Å². The summed E-state index contributed by atoms with van der Waals surface area (Å²) in [5.41, 5.74) is 0.935. The van der Waals surface area contributed by atoms with E-state index in [4.69, 9.17) is 23.2 Å². The highest BCUT2D eigenvalue weighted by molar-refractivity contribution is 6.42. The Hall–Kier alpha value is -1.79. The number of benzene rings is 1. The predicted molar refractivity (Wildman–Crippen MR) is 95.3 cm³/mol. The molecule has 2 unspecified atom stereocenters. The summed E-state index contributed by atoms with van der Waals surface area (Å²) < 4.78 is 1.67.